The zero-order valence-electron chi connectivity index (χ0n) is 14.5. The smallest absolute Gasteiger partial charge is 0.238 e. The number of methoxy groups -OCH3 is 1. The number of thioether (sulfide) groups is 1. The van der Waals surface area contributed by atoms with Gasteiger partial charge in [0.1, 0.15) is 12.1 Å². The summed E-state index contributed by atoms with van der Waals surface area (Å²) in [5.74, 6) is 0.609. The topological polar surface area (TPSA) is 86.9 Å². The highest BCUT2D eigenvalue weighted by Gasteiger charge is 2.19. The maximum Gasteiger partial charge on any atom is 0.238 e. The molecule has 2 aromatic heterocycles. The van der Waals surface area contributed by atoms with Gasteiger partial charge in [-0.1, -0.05) is 11.8 Å². The Balaban J connectivity index is 1.94. The van der Waals surface area contributed by atoms with E-state index in [-0.39, 0.29) is 17.2 Å². The normalized spacial score (nSPS) is 12.5. The lowest BCUT2D eigenvalue weighted by Gasteiger charge is -2.15. The van der Waals surface area contributed by atoms with E-state index in [2.05, 4.69) is 20.6 Å². The minimum Gasteiger partial charge on any atom is -0.385 e. The molecule has 0 saturated heterocycles. The second-order valence-electron chi connectivity index (χ2n) is 5.66. The molecule has 2 rings (SSSR count). The molecule has 0 aliphatic heterocycles. The van der Waals surface area contributed by atoms with Crippen molar-refractivity contribution in [2.45, 2.75) is 50.2 Å². The highest BCUT2D eigenvalue weighted by Crippen LogP contribution is 2.23. The van der Waals surface area contributed by atoms with E-state index in [1.165, 1.54) is 11.8 Å². The van der Waals surface area contributed by atoms with Crippen LogP contribution in [0.2, 0.25) is 0 Å². The van der Waals surface area contributed by atoms with E-state index in [1.54, 1.807) is 30.4 Å². The number of anilines is 1. The molecule has 0 fully saturated rings. The molecular formula is C15H24N6O2S. The van der Waals surface area contributed by atoms with Gasteiger partial charge in [-0.05, 0) is 27.2 Å². The molecule has 0 aromatic carbocycles. The van der Waals surface area contributed by atoms with Gasteiger partial charge in [0.2, 0.25) is 5.91 Å². The van der Waals surface area contributed by atoms with Crippen molar-refractivity contribution >= 4 is 23.5 Å². The summed E-state index contributed by atoms with van der Waals surface area (Å²) in [4.78, 5) is 12.4. The van der Waals surface area contributed by atoms with Crippen LogP contribution in [0.5, 0.6) is 0 Å². The van der Waals surface area contributed by atoms with Crippen molar-refractivity contribution in [2.24, 2.45) is 0 Å². The summed E-state index contributed by atoms with van der Waals surface area (Å²) >= 11 is 1.39. The highest BCUT2D eigenvalue weighted by molar-refractivity contribution is 8.00. The lowest BCUT2D eigenvalue weighted by molar-refractivity contribution is -0.115. The van der Waals surface area contributed by atoms with E-state index in [4.69, 9.17) is 4.74 Å². The summed E-state index contributed by atoms with van der Waals surface area (Å²) in [6.45, 7) is 7.33. The molecule has 0 radical (unpaired) electrons. The molecule has 1 atom stereocenters. The van der Waals surface area contributed by atoms with Crippen LogP contribution in [-0.2, 0) is 16.1 Å². The van der Waals surface area contributed by atoms with Gasteiger partial charge in [0.25, 0.3) is 0 Å². The van der Waals surface area contributed by atoms with Crippen LogP contribution in [0.1, 0.15) is 33.2 Å². The number of aromatic nitrogens is 5. The van der Waals surface area contributed by atoms with Crippen molar-refractivity contribution in [3.8, 4) is 0 Å². The summed E-state index contributed by atoms with van der Waals surface area (Å²) in [6.07, 6.45) is 4.23. The fraction of sp³-hybridized carbons (Fsp3) is 0.600. The second-order valence-corrected chi connectivity index (χ2v) is 6.97. The third-order valence-electron chi connectivity index (χ3n) is 3.39. The molecule has 24 heavy (non-hydrogen) atoms. The number of nitrogens with one attached hydrogen (secondary N) is 1. The average molecular weight is 352 g/mol. The summed E-state index contributed by atoms with van der Waals surface area (Å²) in [7, 11) is 1.68. The number of hydrogen-bond acceptors (Lipinski definition) is 6. The zero-order chi connectivity index (χ0) is 17.5. The molecule has 0 bridgehead atoms. The van der Waals surface area contributed by atoms with Gasteiger partial charge in [0.15, 0.2) is 5.16 Å². The number of nitrogens with zero attached hydrogens (tertiary/aromatic N) is 5. The summed E-state index contributed by atoms with van der Waals surface area (Å²) in [5, 5.41) is 15.6. The first-order chi connectivity index (χ1) is 11.5. The van der Waals surface area contributed by atoms with Crippen LogP contribution < -0.4 is 5.32 Å². The Kier molecular flexibility index (Phi) is 6.80. The lowest BCUT2D eigenvalue weighted by Crippen LogP contribution is -2.25. The Labute approximate surface area is 146 Å². The predicted octanol–water partition coefficient (Wildman–Crippen LogP) is 2.21. The number of amides is 1. The van der Waals surface area contributed by atoms with Crippen molar-refractivity contribution in [1.82, 2.24) is 24.5 Å². The summed E-state index contributed by atoms with van der Waals surface area (Å²) in [6, 6.07) is 1.98. The molecule has 8 nitrogen and oxygen atoms in total. The molecule has 0 aliphatic carbocycles. The van der Waals surface area contributed by atoms with Crippen LogP contribution >= 0.6 is 11.8 Å². The number of ether oxygens (including phenoxy) is 1. The standard InChI is InChI=1S/C15H24N6O2S/c1-11(2)21-13(6-7-17-21)18-14(22)12(3)24-15-19-16-10-20(15)8-5-9-23-4/h6-7,10-12H,5,8-9H2,1-4H3,(H,18,22). The largest absolute Gasteiger partial charge is 0.385 e. The average Bonchev–Trinajstić information content (AvgIpc) is 3.17. The monoisotopic (exact) mass is 352 g/mol. The summed E-state index contributed by atoms with van der Waals surface area (Å²) < 4.78 is 8.77. The van der Waals surface area contributed by atoms with Crippen molar-refractivity contribution in [3.63, 3.8) is 0 Å². The second kappa shape index (κ2) is 8.84. The van der Waals surface area contributed by atoms with Crippen LogP contribution in [-0.4, -0.2) is 49.4 Å². The number of hydrogen-bond donors (Lipinski definition) is 1. The first kappa shape index (κ1) is 18.5. The Morgan fingerprint density at radius 1 is 1.42 bits per heavy atom. The highest BCUT2D eigenvalue weighted by atomic mass is 32.2. The summed E-state index contributed by atoms with van der Waals surface area (Å²) in [5.41, 5.74) is 0. The van der Waals surface area contributed by atoms with Gasteiger partial charge >= 0.3 is 0 Å². The van der Waals surface area contributed by atoms with Gasteiger partial charge < -0.3 is 14.6 Å². The van der Waals surface area contributed by atoms with Gasteiger partial charge in [-0.25, -0.2) is 4.68 Å². The quantitative estimate of drug-likeness (QED) is 0.550. The number of rotatable bonds is 9. The Morgan fingerprint density at radius 2 is 2.21 bits per heavy atom. The SMILES string of the molecule is COCCCn1cnnc1SC(C)C(=O)Nc1ccnn1C(C)C. The molecule has 132 valence electrons. The Hall–Kier alpha value is -1.87. The molecule has 9 heteroatoms. The number of aryl methyl sites for hydroxylation is 1. The predicted molar refractivity (Wildman–Crippen MR) is 93.1 cm³/mol. The molecule has 0 saturated carbocycles. The minimum absolute atomic E-state index is 0.0890. The number of carbonyl (C=O) groups is 1. The third-order valence-corrected chi connectivity index (χ3v) is 4.48. The van der Waals surface area contributed by atoms with Gasteiger partial charge in [-0.2, -0.15) is 5.10 Å². The van der Waals surface area contributed by atoms with E-state index in [0.29, 0.717) is 12.4 Å². The minimum atomic E-state index is -0.300. The van der Waals surface area contributed by atoms with E-state index < -0.39 is 0 Å². The fourth-order valence-corrected chi connectivity index (χ4v) is 2.98. The zero-order valence-corrected chi connectivity index (χ0v) is 15.3. The van der Waals surface area contributed by atoms with E-state index in [1.807, 2.05) is 25.3 Å². The molecular weight excluding hydrogens is 328 g/mol. The molecule has 0 aliphatic rings. The maximum absolute atomic E-state index is 12.4. The first-order valence-electron chi connectivity index (χ1n) is 7.90. The first-order valence-corrected chi connectivity index (χ1v) is 8.78. The lowest BCUT2D eigenvalue weighted by atomic mass is 10.4. The van der Waals surface area contributed by atoms with Crippen LogP contribution in [0.25, 0.3) is 0 Å². The number of carbonyl (C=O) groups excluding carboxylic acids is 1. The van der Waals surface area contributed by atoms with E-state index in [0.717, 1.165) is 18.1 Å². The van der Waals surface area contributed by atoms with Gasteiger partial charge in [0, 0.05) is 32.4 Å². The maximum atomic E-state index is 12.4. The van der Waals surface area contributed by atoms with Crippen LogP contribution in [0.3, 0.4) is 0 Å². The molecule has 1 unspecified atom stereocenters. The molecule has 1 amide bonds. The van der Waals surface area contributed by atoms with E-state index in [9.17, 15) is 4.79 Å². The van der Waals surface area contributed by atoms with Crippen molar-refractivity contribution in [1.29, 1.82) is 0 Å². The van der Waals surface area contributed by atoms with Crippen molar-refractivity contribution in [3.05, 3.63) is 18.6 Å². The van der Waals surface area contributed by atoms with Crippen molar-refractivity contribution < 1.29 is 9.53 Å². The molecule has 2 aromatic rings. The Bertz CT molecular complexity index is 654. The van der Waals surface area contributed by atoms with Crippen LogP contribution in [0, 0.1) is 0 Å². The fourth-order valence-electron chi connectivity index (χ4n) is 2.13. The molecule has 1 N–H and O–H groups in total. The van der Waals surface area contributed by atoms with Crippen molar-refractivity contribution in [2.75, 3.05) is 19.0 Å². The molecule has 0 spiro atoms. The van der Waals surface area contributed by atoms with Gasteiger partial charge in [-0.3, -0.25) is 4.79 Å². The van der Waals surface area contributed by atoms with Gasteiger partial charge in [-0.15, -0.1) is 10.2 Å². The third kappa shape index (κ3) is 4.81. The van der Waals surface area contributed by atoms with Crippen LogP contribution in [0.15, 0.2) is 23.7 Å². The molecule has 2 heterocycles. The van der Waals surface area contributed by atoms with Gasteiger partial charge in [0.05, 0.1) is 11.4 Å². The van der Waals surface area contributed by atoms with Crippen LogP contribution in [0.4, 0.5) is 5.82 Å². The Morgan fingerprint density at radius 3 is 2.92 bits per heavy atom. The van der Waals surface area contributed by atoms with E-state index >= 15 is 0 Å².